The number of fused-ring (bicyclic) bond motifs is 1. The van der Waals surface area contributed by atoms with Gasteiger partial charge in [-0.15, -0.1) is 0 Å². The zero-order chi connectivity index (χ0) is 14.1. The van der Waals surface area contributed by atoms with Gasteiger partial charge < -0.3 is 5.11 Å². The van der Waals surface area contributed by atoms with Gasteiger partial charge in [0.25, 0.3) is 0 Å². The van der Waals surface area contributed by atoms with Gasteiger partial charge in [-0.3, -0.25) is 0 Å². The molecule has 2 unspecified atom stereocenters. The van der Waals surface area contributed by atoms with E-state index in [0.717, 1.165) is 18.3 Å². The first-order valence-corrected chi connectivity index (χ1v) is 8.41. The van der Waals surface area contributed by atoms with Gasteiger partial charge in [-0.25, -0.2) is 0 Å². The van der Waals surface area contributed by atoms with E-state index in [2.05, 4.69) is 38.1 Å². The first-order valence-electron chi connectivity index (χ1n) is 8.41. The van der Waals surface area contributed by atoms with Crippen molar-refractivity contribution in [3.05, 3.63) is 35.4 Å². The second-order valence-electron chi connectivity index (χ2n) is 7.32. The number of hydrogen-bond acceptors (Lipinski definition) is 1. The lowest BCUT2D eigenvalue weighted by Crippen LogP contribution is -2.31. The van der Waals surface area contributed by atoms with Gasteiger partial charge in [0.2, 0.25) is 0 Å². The first kappa shape index (κ1) is 14.1. The topological polar surface area (TPSA) is 20.2 Å². The summed E-state index contributed by atoms with van der Waals surface area (Å²) in [6.45, 7) is 4.68. The summed E-state index contributed by atoms with van der Waals surface area (Å²) in [5, 5.41) is 10.6. The van der Waals surface area contributed by atoms with Gasteiger partial charge in [-0.2, -0.15) is 0 Å². The third kappa shape index (κ3) is 2.79. The summed E-state index contributed by atoms with van der Waals surface area (Å²) in [6, 6.07) is 8.72. The molecule has 0 heterocycles. The van der Waals surface area contributed by atoms with E-state index in [1.807, 2.05) is 0 Å². The Labute approximate surface area is 123 Å². The van der Waals surface area contributed by atoms with Gasteiger partial charge in [-0.1, -0.05) is 38.1 Å². The Balaban J connectivity index is 1.50. The predicted molar refractivity (Wildman–Crippen MR) is 83.8 cm³/mol. The Morgan fingerprint density at radius 3 is 2.35 bits per heavy atom. The molecule has 1 heteroatoms. The molecule has 1 aromatic rings. The van der Waals surface area contributed by atoms with Crippen LogP contribution in [0.25, 0.3) is 0 Å². The summed E-state index contributed by atoms with van der Waals surface area (Å²) >= 11 is 0. The summed E-state index contributed by atoms with van der Waals surface area (Å²) < 4.78 is 0. The van der Waals surface area contributed by atoms with E-state index in [1.54, 1.807) is 0 Å². The highest BCUT2D eigenvalue weighted by Gasteiger charge is 2.32. The fraction of sp³-hybridized carbons (Fsp3) is 0.684. The van der Waals surface area contributed by atoms with E-state index in [1.165, 1.54) is 43.2 Å². The van der Waals surface area contributed by atoms with Crippen LogP contribution in [0.2, 0.25) is 0 Å². The minimum atomic E-state index is -0.0820. The van der Waals surface area contributed by atoms with Crippen molar-refractivity contribution >= 4 is 0 Å². The normalized spacial score (nSPS) is 30.7. The average molecular weight is 272 g/mol. The zero-order valence-electron chi connectivity index (χ0n) is 12.9. The number of benzene rings is 1. The molecular formula is C19H28O. The van der Waals surface area contributed by atoms with Crippen molar-refractivity contribution in [1.82, 2.24) is 0 Å². The van der Waals surface area contributed by atoms with Crippen LogP contribution >= 0.6 is 0 Å². The van der Waals surface area contributed by atoms with Gasteiger partial charge in [-0.05, 0) is 73.3 Å². The number of rotatable bonds is 4. The maximum Gasteiger partial charge on any atom is 0.0574 e. The van der Waals surface area contributed by atoms with Crippen molar-refractivity contribution < 1.29 is 5.11 Å². The highest BCUT2D eigenvalue weighted by molar-refractivity contribution is 5.39. The van der Waals surface area contributed by atoms with Gasteiger partial charge in [0.05, 0.1) is 6.10 Å². The summed E-state index contributed by atoms with van der Waals surface area (Å²) in [6.07, 6.45) is 7.18. The zero-order valence-corrected chi connectivity index (χ0v) is 12.9. The molecular weight excluding hydrogens is 244 g/mol. The van der Waals surface area contributed by atoms with E-state index in [-0.39, 0.29) is 6.10 Å². The second kappa shape index (κ2) is 5.89. The number of hydrogen-bond donors (Lipinski definition) is 1. The molecule has 2 aliphatic carbocycles. The predicted octanol–water partition coefficient (Wildman–Crippen LogP) is 4.54. The Hall–Kier alpha value is -0.820. The van der Waals surface area contributed by atoms with Crippen LogP contribution in [-0.2, 0) is 6.42 Å². The molecule has 0 aromatic heterocycles. The van der Waals surface area contributed by atoms with Crippen molar-refractivity contribution in [1.29, 1.82) is 0 Å². The van der Waals surface area contributed by atoms with Crippen molar-refractivity contribution in [2.24, 2.45) is 17.8 Å². The Bertz CT molecular complexity index is 443. The Morgan fingerprint density at radius 1 is 1.05 bits per heavy atom. The molecule has 1 aromatic carbocycles. The first-order chi connectivity index (χ1) is 9.65. The molecule has 110 valence electrons. The molecule has 1 fully saturated rings. The molecule has 0 amide bonds. The SMILES string of the molecule is CC(C)C1CCC(C(O)CC2Cc3ccccc32)CC1. The van der Waals surface area contributed by atoms with Gasteiger partial charge >= 0.3 is 0 Å². The molecule has 1 nitrogen and oxygen atoms in total. The molecule has 1 saturated carbocycles. The minimum Gasteiger partial charge on any atom is -0.393 e. The van der Waals surface area contributed by atoms with Gasteiger partial charge in [0, 0.05) is 0 Å². The van der Waals surface area contributed by atoms with Crippen molar-refractivity contribution in [3.8, 4) is 0 Å². The molecule has 2 aliphatic rings. The van der Waals surface area contributed by atoms with Crippen LogP contribution in [0, 0.1) is 17.8 Å². The summed E-state index contributed by atoms with van der Waals surface area (Å²) in [4.78, 5) is 0. The fourth-order valence-electron chi connectivity index (χ4n) is 4.25. The van der Waals surface area contributed by atoms with Crippen molar-refractivity contribution in [2.75, 3.05) is 0 Å². The smallest absolute Gasteiger partial charge is 0.0574 e. The standard InChI is InChI=1S/C19H28O/c1-13(2)14-7-9-15(10-8-14)19(20)12-17-11-16-5-3-4-6-18(16)17/h3-6,13-15,17,19-20H,7-12H2,1-2H3. The van der Waals surface area contributed by atoms with Crippen LogP contribution in [0.5, 0.6) is 0 Å². The third-order valence-corrected chi connectivity index (χ3v) is 5.79. The van der Waals surface area contributed by atoms with E-state index in [0.29, 0.717) is 11.8 Å². The fourth-order valence-corrected chi connectivity index (χ4v) is 4.25. The largest absolute Gasteiger partial charge is 0.393 e. The Morgan fingerprint density at radius 2 is 1.70 bits per heavy atom. The van der Waals surface area contributed by atoms with Crippen molar-refractivity contribution in [2.45, 2.75) is 64.4 Å². The van der Waals surface area contributed by atoms with Gasteiger partial charge in [0.15, 0.2) is 0 Å². The van der Waals surface area contributed by atoms with Crippen LogP contribution in [-0.4, -0.2) is 11.2 Å². The van der Waals surface area contributed by atoms with E-state index < -0.39 is 0 Å². The lowest BCUT2D eigenvalue weighted by Gasteiger charge is -2.37. The number of aliphatic hydroxyl groups is 1. The molecule has 3 rings (SSSR count). The van der Waals surface area contributed by atoms with E-state index >= 15 is 0 Å². The molecule has 0 bridgehead atoms. The minimum absolute atomic E-state index is 0.0820. The number of aliphatic hydroxyl groups excluding tert-OH is 1. The lowest BCUT2D eigenvalue weighted by atomic mass is 9.70. The molecule has 0 spiro atoms. The van der Waals surface area contributed by atoms with Crippen LogP contribution in [0.3, 0.4) is 0 Å². The molecule has 20 heavy (non-hydrogen) atoms. The molecule has 2 atom stereocenters. The molecule has 1 N–H and O–H groups in total. The van der Waals surface area contributed by atoms with E-state index in [9.17, 15) is 5.11 Å². The highest BCUT2D eigenvalue weighted by atomic mass is 16.3. The lowest BCUT2D eigenvalue weighted by molar-refractivity contribution is 0.0536. The molecule has 0 saturated heterocycles. The quantitative estimate of drug-likeness (QED) is 0.853. The monoisotopic (exact) mass is 272 g/mol. The maximum absolute atomic E-state index is 10.6. The van der Waals surface area contributed by atoms with Crippen LogP contribution < -0.4 is 0 Å². The molecule has 0 aliphatic heterocycles. The highest BCUT2D eigenvalue weighted by Crippen LogP contribution is 2.41. The van der Waals surface area contributed by atoms with Gasteiger partial charge in [0.1, 0.15) is 0 Å². The summed E-state index contributed by atoms with van der Waals surface area (Å²) in [5.41, 5.74) is 2.98. The average Bonchev–Trinajstić information content (AvgIpc) is 2.44. The summed E-state index contributed by atoms with van der Waals surface area (Å²) in [7, 11) is 0. The third-order valence-electron chi connectivity index (χ3n) is 5.79. The van der Waals surface area contributed by atoms with Crippen molar-refractivity contribution in [3.63, 3.8) is 0 Å². The van der Waals surface area contributed by atoms with Crippen LogP contribution in [0.4, 0.5) is 0 Å². The molecule has 0 radical (unpaired) electrons. The maximum atomic E-state index is 10.6. The Kier molecular flexibility index (Phi) is 4.16. The van der Waals surface area contributed by atoms with Crippen LogP contribution in [0.1, 0.15) is 63.0 Å². The second-order valence-corrected chi connectivity index (χ2v) is 7.32. The van der Waals surface area contributed by atoms with E-state index in [4.69, 9.17) is 0 Å². The van der Waals surface area contributed by atoms with Crippen LogP contribution in [0.15, 0.2) is 24.3 Å². The summed E-state index contributed by atoms with van der Waals surface area (Å²) in [5.74, 6) is 2.87.